The predicted molar refractivity (Wildman–Crippen MR) is 154 cm³/mol. The topological polar surface area (TPSA) is 101 Å². The summed E-state index contributed by atoms with van der Waals surface area (Å²) in [6.07, 6.45) is 1.98. The summed E-state index contributed by atoms with van der Waals surface area (Å²) < 4.78 is 7.71. The van der Waals surface area contributed by atoms with Gasteiger partial charge in [0.25, 0.3) is 5.91 Å². The van der Waals surface area contributed by atoms with Crippen molar-refractivity contribution >= 4 is 67.5 Å². The molecule has 8 nitrogen and oxygen atoms in total. The molecule has 3 amide bonds. The maximum Gasteiger partial charge on any atom is 0.328 e. The van der Waals surface area contributed by atoms with Crippen molar-refractivity contribution in [1.82, 2.24) is 4.68 Å². The van der Waals surface area contributed by atoms with Gasteiger partial charge in [-0.3, -0.25) is 19.8 Å². The zero-order valence-corrected chi connectivity index (χ0v) is 23.2. The maximum atomic E-state index is 13.2. The smallest absolute Gasteiger partial charge is 0.328 e. The van der Waals surface area contributed by atoms with Gasteiger partial charge in [0.15, 0.2) is 0 Å². The summed E-state index contributed by atoms with van der Waals surface area (Å²) in [5.41, 5.74) is 5.02. The molecule has 0 bridgehead atoms. The van der Waals surface area contributed by atoms with E-state index >= 15 is 0 Å². The first-order valence-corrected chi connectivity index (χ1v) is 13.2. The number of carbonyl (C=O) groups excluding carboxylic acids is 3. The second-order valence-electron chi connectivity index (χ2n) is 8.61. The minimum Gasteiger partial charge on any atom is -0.494 e. The van der Waals surface area contributed by atoms with Gasteiger partial charge in [-0.15, -0.1) is 0 Å². The SMILES string of the molecule is CCCCOc1ccc(NC(=O)C(=O)Nn2c(C(=O)Nc3ccc(C)c(Cl)c3)cc3cc(Br)ccc32)cc1. The molecule has 0 radical (unpaired) electrons. The number of unbranched alkanes of at least 4 members (excludes halogenated alkanes) is 1. The fraction of sp³-hybridized carbons (Fsp3) is 0.179. The highest BCUT2D eigenvalue weighted by molar-refractivity contribution is 9.10. The van der Waals surface area contributed by atoms with Gasteiger partial charge >= 0.3 is 11.8 Å². The highest BCUT2D eigenvalue weighted by Gasteiger charge is 2.21. The highest BCUT2D eigenvalue weighted by Crippen LogP contribution is 2.25. The van der Waals surface area contributed by atoms with Crippen LogP contribution < -0.4 is 20.8 Å². The molecule has 0 aliphatic carbocycles. The minimum atomic E-state index is -0.943. The van der Waals surface area contributed by atoms with Crippen molar-refractivity contribution in [2.75, 3.05) is 22.7 Å². The van der Waals surface area contributed by atoms with Gasteiger partial charge in [0.05, 0.1) is 12.1 Å². The molecule has 0 fully saturated rings. The Morgan fingerprint density at radius 1 is 0.921 bits per heavy atom. The number of aryl methyl sites for hydroxylation is 1. The fourth-order valence-electron chi connectivity index (χ4n) is 3.65. The molecule has 1 aromatic heterocycles. The van der Waals surface area contributed by atoms with Crippen LogP contribution in [0.5, 0.6) is 5.75 Å². The van der Waals surface area contributed by atoms with Gasteiger partial charge in [-0.05, 0) is 79.6 Å². The van der Waals surface area contributed by atoms with E-state index in [0.29, 0.717) is 39.7 Å². The van der Waals surface area contributed by atoms with Gasteiger partial charge in [-0.1, -0.05) is 46.9 Å². The number of rotatable bonds is 8. The quantitative estimate of drug-likeness (QED) is 0.159. The lowest BCUT2D eigenvalue weighted by Crippen LogP contribution is -2.36. The van der Waals surface area contributed by atoms with E-state index in [1.807, 2.05) is 13.0 Å². The predicted octanol–water partition coefficient (Wildman–Crippen LogP) is 6.51. The van der Waals surface area contributed by atoms with Crippen molar-refractivity contribution in [2.45, 2.75) is 26.7 Å². The van der Waals surface area contributed by atoms with E-state index in [-0.39, 0.29) is 5.69 Å². The Labute approximate surface area is 233 Å². The molecular weight excluding hydrogens is 572 g/mol. The summed E-state index contributed by atoms with van der Waals surface area (Å²) in [6, 6.07) is 18.9. The Bertz CT molecular complexity index is 1500. The summed E-state index contributed by atoms with van der Waals surface area (Å²) in [5, 5.41) is 6.55. The Morgan fingerprint density at radius 2 is 1.66 bits per heavy atom. The van der Waals surface area contributed by atoms with Crippen LogP contribution in [0.2, 0.25) is 5.02 Å². The summed E-state index contributed by atoms with van der Waals surface area (Å²) in [6.45, 7) is 4.55. The molecule has 3 aromatic carbocycles. The Balaban J connectivity index is 1.52. The largest absolute Gasteiger partial charge is 0.494 e. The van der Waals surface area contributed by atoms with E-state index in [1.54, 1.807) is 60.7 Å². The number of carbonyl (C=O) groups is 3. The van der Waals surface area contributed by atoms with Crippen molar-refractivity contribution in [1.29, 1.82) is 0 Å². The number of halogens is 2. The number of nitrogens with zero attached hydrogens (tertiary/aromatic N) is 1. The summed E-state index contributed by atoms with van der Waals surface area (Å²) in [4.78, 5) is 38.7. The second-order valence-corrected chi connectivity index (χ2v) is 9.93. The van der Waals surface area contributed by atoms with Crippen molar-refractivity contribution in [3.05, 3.63) is 87.5 Å². The molecular formula is C28H26BrClN4O4. The maximum absolute atomic E-state index is 13.2. The number of ether oxygens (including phenoxy) is 1. The van der Waals surface area contributed by atoms with Crippen LogP contribution in [0.15, 0.2) is 71.2 Å². The van der Waals surface area contributed by atoms with E-state index in [0.717, 1.165) is 22.9 Å². The zero-order chi connectivity index (χ0) is 27.2. The number of hydrogen-bond donors (Lipinski definition) is 3. The molecule has 4 rings (SSSR count). The number of amides is 3. The lowest BCUT2D eigenvalue weighted by molar-refractivity contribution is -0.133. The fourth-order valence-corrected chi connectivity index (χ4v) is 4.21. The molecule has 10 heteroatoms. The van der Waals surface area contributed by atoms with E-state index in [4.69, 9.17) is 16.3 Å². The Morgan fingerprint density at radius 3 is 2.37 bits per heavy atom. The van der Waals surface area contributed by atoms with Crippen LogP contribution >= 0.6 is 27.5 Å². The van der Waals surface area contributed by atoms with Crippen molar-refractivity contribution < 1.29 is 19.1 Å². The van der Waals surface area contributed by atoms with E-state index in [1.165, 1.54) is 4.68 Å². The molecule has 38 heavy (non-hydrogen) atoms. The van der Waals surface area contributed by atoms with E-state index in [9.17, 15) is 14.4 Å². The third-order valence-electron chi connectivity index (χ3n) is 5.72. The van der Waals surface area contributed by atoms with Crippen molar-refractivity contribution in [3.8, 4) is 5.75 Å². The zero-order valence-electron chi connectivity index (χ0n) is 20.8. The Kier molecular flexibility index (Phi) is 8.70. The molecule has 196 valence electrons. The number of benzene rings is 3. The molecule has 0 unspecified atom stereocenters. The monoisotopic (exact) mass is 596 g/mol. The molecule has 0 atom stereocenters. The highest BCUT2D eigenvalue weighted by atomic mass is 79.9. The lowest BCUT2D eigenvalue weighted by atomic mass is 10.2. The van der Waals surface area contributed by atoms with Gasteiger partial charge in [0.2, 0.25) is 0 Å². The average molecular weight is 598 g/mol. The molecule has 0 spiro atoms. The summed E-state index contributed by atoms with van der Waals surface area (Å²) in [5.74, 6) is -1.64. The molecule has 0 saturated heterocycles. The first-order chi connectivity index (χ1) is 18.2. The van der Waals surface area contributed by atoms with Crippen molar-refractivity contribution in [3.63, 3.8) is 0 Å². The first kappa shape index (κ1) is 27.2. The van der Waals surface area contributed by atoms with Gasteiger partial charge in [-0.25, -0.2) is 4.68 Å². The average Bonchev–Trinajstić information content (AvgIpc) is 3.24. The van der Waals surface area contributed by atoms with Crippen LogP contribution in [0.25, 0.3) is 10.9 Å². The molecule has 3 N–H and O–H groups in total. The molecule has 1 heterocycles. The lowest BCUT2D eigenvalue weighted by Gasteiger charge is -2.13. The van der Waals surface area contributed by atoms with Crippen LogP contribution in [-0.2, 0) is 9.59 Å². The van der Waals surface area contributed by atoms with Crippen LogP contribution in [0.3, 0.4) is 0 Å². The van der Waals surface area contributed by atoms with Crippen LogP contribution in [0.4, 0.5) is 11.4 Å². The Hall–Kier alpha value is -3.82. The summed E-state index contributed by atoms with van der Waals surface area (Å²) in [7, 11) is 0. The van der Waals surface area contributed by atoms with Crippen molar-refractivity contribution in [2.24, 2.45) is 0 Å². The normalized spacial score (nSPS) is 10.7. The molecule has 4 aromatic rings. The van der Waals surface area contributed by atoms with Crippen LogP contribution in [-0.4, -0.2) is 29.0 Å². The third kappa shape index (κ3) is 6.54. The third-order valence-corrected chi connectivity index (χ3v) is 6.62. The van der Waals surface area contributed by atoms with Crippen LogP contribution in [0.1, 0.15) is 35.8 Å². The number of fused-ring (bicyclic) bond motifs is 1. The van der Waals surface area contributed by atoms with Gasteiger partial charge in [-0.2, -0.15) is 0 Å². The minimum absolute atomic E-state index is 0.129. The number of anilines is 2. The summed E-state index contributed by atoms with van der Waals surface area (Å²) >= 11 is 9.61. The van der Waals surface area contributed by atoms with Crippen LogP contribution in [0, 0.1) is 6.92 Å². The molecule has 0 aliphatic heterocycles. The van der Waals surface area contributed by atoms with E-state index in [2.05, 4.69) is 38.9 Å². The number of hydrogen-bond acceptors (Lipinski definition) is 4. The molecule has 0 saturated carbocycles. The number of aromatic nitrogens is 1. The first-order valence-electron chi connectivity index (χ1n) is 12.0. The number of nitrogens with one attached hydrogen (secondary N) is 3. The van der Waals surface area contributed by atoms with Gasteiger partial charge in [0.1, 0.15) is 11.4 Å². The van der Waals surface area contributed by atoms with Gasteiger partial charge < -0.3 is 15.4 Å². The molecule has 0 aliphatic rings. The standard InChI is InChI=1S/C28H26BrClN4O4/c1-3-4-13-38-22-10-8-20(9-11-22)31-27(36)28(37)33-34-24-12-6-19(29)14-18(24)15-25(34)26(35)32-21-7-5-17(2)23(30)16-21/h5-12,14-16H,3-4,13H2,1-2H3,(H,31,36)(H,32,35)(H,33,37). The van der Waals surface area contributed by atoms with Gasteiger partial charge in [0, 0.05) is 26.3 Å². The van der Waals surface area contributed by atoms with E-state index < -0.39 is 17.7 Å². The second kappa shape index (κ2) is 12.1.